The molecule has 0 amide bonds. The summed E-state index contributed by atoms with van der Waals surface area (Å²) in [5.74, 6) is 0. The van der Waals surface area contributed by atoms with Crippen molar-refractivity contribution in [1.82, 2.24) is 10.3 Å². The van der Waals surface area contributed by atoms with Crippen LogP contribution in [0.15, 0.2) is 24.4 Å². The van der Waals surface area contributed by atoms with Crippen molar-refractivity contribution in [2.75, 3.05) is 6.73 Å². The minimum atomic E-state index is -2.76. The Bertz CT molecular complexity index is 305. The predicted octanol–water partition coefficient (Wildman–Crippen LogP) is -0.328. The van der Waals surface area contributed by atoms with Gasteiger partial charge >= 0.3 is 0 Å². The molecule has 0 aliphatic rings. The van der Waals surface area contributed by atoms with E-state index in [2.05, 4.69) is 14.5 Å². The molecule has 5 nitrogen and oxygen atoms in total. The zero-order chi connectivity index (χ0) is 9.52. The quantitative estimate of drug-likeness (QED) is 0.389. The Labute approximate surface area is 77.9 Å². The first kappa shape index (κ1) is 10.1. The lowest BCUT2D eigenvalue weighted by molar-refractivity contribution is 0.297. The van der Waals surface area contributed by atoms with Gasteiger partial charge in [0.2, 0.25) is 0 Å². The number of pyridine rings is 1. The maximum atomic E-state index is 9.97. The molecule has 0 fully saturated rings. The molecular formula is C7H10N2O3S. The summed E-state index contributed by atoms with van der Waals surface area (Å²) in [7, 11) is -2.76. The lowest BCUT2D eigenvalue weighted by Crippen LogP contribution is -2.17. The van der Waals surface area contributed by atoms with Gasteiger partial charge in [-0.25, -0.2) is 8.42 Å². The van der Waals surface area contributed by atoms with E-state index in [9.17, 15) is 8.42 Å². The Balaban J connectivity index is 2.20. The fourth-order valence-corrected chi connectivity index (χ4v) is 0.977. The van der Waals surface area contributed by atoms with Crippen LogP contribution < -0.4 is 5.32 Å². The molecular weight excluding hydrogens is 192 g/mol. The van der Waals surface area contributed by atoms with Crippen molar-refractivity contribution in [3.8, 4) is 0 Å². The summed E-state index contributed by atoms with van der Waals surface area (Å²) in [6.07, 6.45) is 1.67. The van der Waals surface area contributed by atoms with Gasteiger partial charge in [-0.1, -0.05) is 6.07 Å². The summed E-state index contributed by atoms with van der Waals surface area (Å²) in [6.45, 7) is 0.472. The minimum Gasteiger partial charge on any atom is -0.288 e. The Morgan fingerprint density at radius 3 is 2.92 bits per heavy atom. The summed E-state index contributed by atoms with van der Waals surface area (Å²) < 4.78 is 24.2. The third kappa shape index (κ3) is 4.56. The summed E-state index contributed by atoms with van der Waals surface area (Å²) >= 11 is 0. The Morgan fingerprint density at radius 1 is 1.46 bits per heavy atom. The summed E-state index contributed by atoms with van der Waals surface area (Å²) in [5.41, 5.74) is 0.840. The molecule has 0 radical (unpaired) electrons. The van der Waals surface area contributed by atoms with Crippen LogP contribution in [0.2, 0.25) is 0 Å². The van der Waals surface area contributed by atoms with Gasteiger partial charge in [-0.15, -0.1) is 0 Å². The molecule has 1 rings (SSSR count). The van der Waals surface area contributed by atoms with Crippen LogP contribution in [0.3, 0.4) is 0 Å². The van der Waals surface area contributed by atoms with Crippen molar-refractivity contribution in [1.29, 1.82) is 0 Å². The fourth-order valence-electron chi connectivity index (χ4n) is 0.780. The standard InChI is InChI=1S/C7H10N2O3S/c10-13(11)12-6-8-5-7-3-1-2-4-9-7/h1-4,8,13H,5-6H2. The summed E-state index contributed by atoms with van der Waals surface area (Å²) in [6, 6.07) is 5.51. The van der Waals surface area contributed by atoms with Gasteiger partial charge in [0.1, 0.15) is 6.73 Å². The Kier molecular flexibility index (Phi) is 4.37. The van der Waals surface area contributed by atoms with Gasteiger partial charge in [-0.2, -0.15) is 0 Å². The second-order valence-corrected chi connectivity index (χ2v) is 2.95. The topological polar surface area (TPSA) is 68.3 Å². The monoisotopic (exact) mass is 202 g/mol. The molecule has 0 aliphatic carbocycles. The zero-order valence-corrected chi connectivity index (χ0v) is 7.74. The fraction of sp³-hybridized carbons (Fsp3) is 0.286. The molecule has 0 unspecified atom stereocenters. The van der Waals surface area contributed by atoms with Gasteiger partial charge in [0.15, 0.2) is 0 Å². The van der Waals surface area contributed by atoms with Crippen LogP contribution in [0, 0.1) is 0 Å². The highest BCUT2D eigenvalue weighted by atomic mass is 32.2. The van der Waals surface area contributed by atoms with Crippen LogP contribution in [0.1, 0.15) is 5.69 Å². The molecule has 1 aromatic rings. The van der Waals surface area contributed by atoms with Crippen molar-refractivity contribution in [2.24, 2.45) is 0 Å². The van der Waals surface area contributed by atoms with E-state index in [0.717, 1.165) is 5.69 Å². The smallest absolute Gasteiger partial charge is 0.258 e. The number of aromatic nitrogens is 1. The average Bonchev–Trinajstić information content (AvgIpc) is 2.14. The van der Waals surface area contributed by atoms with E-state index in [-0.39, 0.29) is 6.73 Å². The second-order valence-electron chi connectivity index (χ2n) is 2.24. The third-order valence-electron chi connectivity index (χ3n) is 1.30. The van der Waals surface area contributed by atoms with E-state index in [1.54, 1.807) is 6.20 Å². The van der Waals surface area contributed by atoms with Crippen LogP contribution >= 0.6 is 0 Å². The van der Waals surface area contributed by atoms with Gasteiger partial charge in [-0.05, 0) is 12.1 Å². The molecule has 0 spiro atoms. The van der Waals surface area contributed by atoms with Crippen LogP contribution in [-0.2, 0) is 21.7 Å². The zero-order valence-electron chi connectivity index (χ0n) is 6.84. The van der Waals surface area contributed by atoms with Crippen molar-refractivity contribution >= 4 is 11.0 Å². The molecule has 0 aliphatic heterocycles. The number of rotatable bonds is 5. The molecule has 1 N–H and O–H groups in total. The highest BCUT2D eigenvalue weighted by molar-refractivity contribution is 7.67. The Morgan fingerprint density at radius 2 is 2.31 bits per heavy atom. The summed E-state index contributed by atoms with van der Waals surface area (Å²) in [5, 5.41) is 2.76. The molecule has 1 heterocycles. The first-order chi connectivity index (χ1) is 6.29. The number of nitrogens with zero attached hydrogens (tertiary/aromatic N) is 1. The number of hydrogen-bond acceptors (Lipinski definition) is 5. The van der Waals surface area contributed by atoms with E-state index in [0.29, 0.717) is 6.54 Å². The largest absolute Gasteiger partial charge is 0.288 e. The average molecular weight is 202 g/mol. The van der Waals surface area contributed by atoms with E-state index >= 15 is 0 Å². The van der Waals surface area contributed by atoms with Gasteiger partial charge in [0.05, 0.1) is 5.69 Å². The molecule has 0 atom stereocenters. The second kappa shape index (κ2) is 5.63. The van der Waals surface area contributed by atoms with Crippen molar-refractivity contribution in [3.63, 3.8) is 0 Å². The molecule has 0 aromatic carbocycles. The molecule has 1 aromatic heterocycles. The molecule has 0 saturated heterocycles. The van der Waals surface area contributed by atoms with Gasteiger partial charge in [0.25, 0.3) is 11.0 Å². The first-order valence-electron chi connectivity index (χ1n) is 3.67. The van der Waals surface area contributed by atoms with E-state index < -0.39 is 11.0 Å². The number of hydrogen-bond donors (Lipinski definition) is 2. The third-order valence-corrected chi connectivity index (χ3v) is 1.64. The van der Waals surface area contributed by atoms with Crippen molar-refractivity contribution in [3.05, 3.63) is 30.1 Å². The van der Waals surface area contributed by atoms with Gasteiger partial charge < -0.3 is 0 Å². The van der Waals surface area contributed by atoms with Crippen LogP contribution in [-0.4, -0.2) is 20.1 Å². The van der Waals surface area contributed by atoms with E-state index in [4.69, 9.17) is 0 Å². The van der Waals surface area contributed by atoms with E-state index in [1.165, 1.54) is 0 Å². The summed E-state index contributed by atoms with van der Waals surface area (Å²) in [4.78, 5) is 4.03. The normalized spacial score (nSPS) is 10.5. The highest BCUT2D eigenvalue weighted by Crippen LogP contribution is 1.91. The van der Waals surface area contributed by atoms with Crippen molar-refractivity contribution < 1.29 is 12.6 Å². The lowest BCUT2D eigenvalue weighted by atomic mass is 10.3. The SMILES string of the molecule is O=[SH](=O)OCNCc1ccccn1. The molecule has 72 valence electrons. The van der Waals surface area contributed by atoms with Crippen molar-refractivity contribution in [2.45, 2.75) is 6.54 Å². The van der Waals surface area contributed by atoms with Crippen LogP contribution in [0.25, 0.3) is 0 Å². The van der Waals surface area contributed by atoms with Gasteiger partial charge in [0, 0.05) is 12.7 Å². The number of nitrogens with one attached hydrogen (secondary N) is 1. The maximum Gasteiger partial charge on any atom is 0.258 e. The van der Waals surface area contributed by atoms with Gasteiger partial charge in [-0.3, -0.25) is 14.5 Å². The number of thiol groups is 1. The molecule has 0 saturated carbocycles. The molecule has 13 heavy (non-hydrogen) atoms. The van der Waals surface area contributed by atoms with Crippen LogP contribution in [0.4, 0.5) is 0 Å². The van der Waals surface area contributed by atoms with E-state index in [1.807, 2.05) is 18.2 Å². The molecule has 6 heteroatoms. The molecule has 0 bridgehead atoms. The minimum absolute atomic E-state index is 0.0186. The lowest BCUT2D eigenvalue weighted by Gasteiger charge is -2.00. The van der Waals surface area contributed by atoms with Crippen LogP contribution in [0.5, 0.6) is 0 Å². The predicted molar refractivity (Wildman–Crippen MR) is 47.3 cm³/mol. The first-order valence-corrected chi connectivity index (χ1v) is 4.76. The maximum absolute atomic E-state index is 9.97. The highest BCUT2D eigenvalue weighted by Gasteiger charge is 1.91. The Hall–Kier alpha value is -0.980.